The molecule has 1 aromatic carbocycles. The molecule has 6 atom stereocenters. The van der Waals surface area contributed by atoms with E-state index in [9.17, 15) is 10.2 Å². The second kappa shape index (κ2) is 5.93. The van der Waals surface area contributed by atoms with Crippen LogP contribution >= 0.6 is 0 Å². The maximum Gasteiger partial charge on any atom is 0.161 e. The van der Waals surface area contributed by atoms with Gasteiger partial charge in [-0.25, -0.2) is 0 Å². The third kappa shape index (κ3) is 2.35. The molecule has 1 aromatic rings. The summed E-state index contributed by atoms with van der Waals surface area (Å²) < 4.78 is 0. The fourth-order valence-corrected chi connectivity index (χ4v) is 7.61. The summed E-state index contributed by atoms with van der Waals surface area (Å²) in [6.07, 6.45) is 15.0. The van der Waals surface area contributed by atoms with Gasteiger partial charge in [-0.05, 0) is 79.4 Å². The van der Waals surface area contributed by atoms with Crippen LogP contribution in [0.1, 0.15) is 82.9 Å². The number of phenols is 2. The number of aromatic hydroxyl groups is 2. The van der Waals surface area contributed by atoms with E-state index >= 15 is 0 Å². The summed E-state index contributed by atoms with van der Waals surface area (Å²) in [5.74, 6) is 2.38. The van der Waals surface area contributed by atoms with E-state index in [-0.39, 0.29) is 22.3 Å². The number of phenolic OH excluding ortho intramolecular Hbond substituents is 2. The molecule has 0 heterocycles. The Balaban J connectivity index is 1.65. The molecule has 5 rings (SSSR count). The van der Waals surface area contributed by atoms with Gasteiger partial charge in [0.05, 0.1) is 0 Å². The Bertz CT molecular complexity index is 940. The first kappa shape index (κ1) is 19.3. The van der Waals surface area contributed by atoms with E-state index in [4.69, 9.17) is 0 Å². The molecule has 156 valence electrons. The van der Waals surface area contributed by atoms with Gasteiger partial charge in [0.15, 0.2) is 11.5 Å². The Labute approximate surface area is 175 Å². The molecule has 0 saturated heterocycles. The maximum absolute atomic E-state index is 10.4. The van der Waals surface area contributed by atoms with Crippen LogP contribution in [0, 0.1) is 35.5 Å². The lowest BCUT2D eigenvalue weighted by atomic mass is 9.43. The van der Waals surface area contributed by atoms with E-state index in [1.54, 1.807) is 5.57 Å². The second-order valence-electron chi connectivity index (χ2n) is 11.3. The molecule has 2 saturated carbocycles. The monoisotopic (exact) mass is 392 g/mol. The van der Waals surface area contributed by atoms with Crippen molar-refractivity contribution in [2.75, 3.05) is 0 Å². The van der Waals surface area contributed by atoms with E-state index in [1.165, 1.54) is 37.7 Å². The summed E-state index contributed by atoms with van der Waals surface area (Å²) >= 11 is 0. The molecule has 4 aliphatic rings. The fourth-order valence-electron chi connectivity index (χ4n) is 7.61. The molecule has 0 radical (unpaired) electrons. The summed E-state index contributed by atoms with van der Waals surface area (Å²) in [6.45, 7) is 11.7. The predicted octanol–water partition coefficient (Wildman–Crippen LogP) is 6.88. The Morgan fingerprint density at radius 3 is 2.59 bits per heavy atom. The minimum Gasteiger partial charge on any atom is -0.504 e. The normalized spacial score (nSPS) is 42.9. The topological polar surface area (TPSA) is 40.5 Å². The van der Waals surface area contributed by atoms with Crippen molar-refractivity contribution >= 4 is 6.08 Å². The Morgan fingerprint density at radius 1 is 1.07 bits per heavy atom. The highest BCUT2D eigenvalue weighted by Gasteiger charge is 2.58. The van der Waals surface area contributed by atoms with Crippen molar-refractivity contribution in [1.82, 2.24) is 0 Å². The first-order chi connectivity index (χ1) is 13.6. The molecule has 0 aliphatic heterocycles. The van der Waals surface area contributed by atoms with Gasteiger partial charge in [-0.3, -0.25) is 0 Å². The zero-order valence-electron chi connectivity index (χ0n) is 18.7. The zero-order chi connectivity index (χ0) is 20.8. The smallest absolute Gasteiger partial charge is 0.161 e. The van der Waals surface area contributed by atoms with Gasteiger partial charge >= 0.3 is 0 Å². The van der Waals surface area contributed by atoms with Crippen LogP contribution in [0.2, 0.25) is 0 Å². The molecule has 0 spiro atoms. The van der Waals surface area contributed by atoms with Crippen LogP contribution in [-0.2, 0) is 5.41 Å². The first-order valence-electron chi connectivity index (χ1n) is 11.6. The summed E-state index contributed by atoms with van der Waals surface area (Å²) in [7, 11) is 0. The van der Waals surface area contributed by atoms with Gasteiger partial charge in [-0.15, -0.1) is 0 Å². The summed E-state index contributed by atoms with van der Waals surface area (Å²) in [4.78, 5) is 0. The number of rotatable bonds is 0. The first-order valence-corrected chi connectivity index (χ1v) is 11.6. The average molecular weight is 393 g/mol. The molecule has 2 nitrogen and oxygen atoms in total. The highest BCUT2D eigenvalue weighted by atomic mass is 16.3. The van der Waals surface area contributed by atoms with E-state index in [1.807, 2.05) is 13.0 Å². The highest BCUT2D eigenvalue weighted by molar-refractivity contribution is 5.71. The number of hydrogen-bond donors (Lipinski definition) is 2. The molecular weight excluding hydrogens is 356 g/mol. The van der Waals surface area contributed by atoms with Gasteiger partial charge < -0.3 is 10.2 Å². The molecule has 2 N–H and O–H groups in total. The van der Waals surface area contributed by atoms with Crippen LogP contribution < -0.4 is 0 Å². The van der Waals surface area contributed by atoms with Gasteiger partial charge in [0.1, 0.15) is 0 Å². The van der Waals surface area contributed by atoms with Gasteiger partial charge in [-0.2, -0.15) is 0 Å². The summed E-state index contributed by atoms with van der Waals surface area (Å²) in [6, 6.07) is 1.84. The molecule has 29 heavy (non-hydrogen) atoms. The van der Waals surface area contributed by atoms with Gasteiger partial charge in [0.2, 0.25) is 0 Å². The lowest BCUT2D eigenvalue weighted by Crippen LogP contribution is -2.53. The lowest BCUT2D eigenvalue weighted by molar-refractivity contribution is 0.00825. The van der Waals surface area contributed by atoms with Crippen molar-refractivity contribution < 1.29 is 10.2 Å². The lowest BCUT2D eigenvalue weighted by Gasteiger charge is -2.61. The van der Waals surface area contributed by atoms with Crippen LogP contribution in [0.5, 0.6) is 11.5 Å². The quantitative estimate of drug-likeness (QED) is 0.373. The molecular formula is C27H36O2. The largest absolute Gasteiger partial charge is 0.504 e. The van der Waals surface area contributed by atoms with E-state index in [0.29, 0.717) is 11.3 Å². The molecule has 0 bridgehead atoms. The number of benzene rings is 1. The Hall–Kier alpha value is -1.70. The molecule has 0 amide bonds. The third-order valence-corrected chi connectivity index (χ3v) is 9.89. The van der Waals surface area contributed by atoms with Crippen molar-refractivity contribution in [2.45, 2.75) is 78.6 Å². The number of allylic oxidation sites excluding steroid dienone is 3. The summed E-state index contributed by atoms with van der Waals surface area (Å²) in [5.41, 5.74) is 5.15. The molecule has 2 fully saturated rings. The number of hydrogen-bond acceptors (Lipinski definition) is 2. The molecule has 0 aromatic heterocycles. The van der Waals surface area contributed by atoms with Crippen molar-refractivity contribution in [3.05, 3.63) is 40.5 Å². The molecule has 4 aliphatic carbocycles. The molecule has 2 heteroatoms. The van der Waals surface area contributed by atoms with Gasteiger partial charge in [0.25, 0.3) is 0 Å². The minimum absolute atomic E-state index is 0.0218. The number of fused-ring (bicyclic) bond motifs is 7. The maximum atomic E-state index is 10.4. The van der Waals surface area contributed by atoms with E-state index in [0.717, 1.165) is 29.4 Å². The minimum atomic E-state index is -0.0522. The van der Waals surface area contributed by atoms with Crippen molar-refractivity contribution in [1.29, 1.82) is 0 Å². The SMILES string of the molecule is Cc1c(O)c(O)cc2c1C=CC1(C)C3=CCC4(C)CCC(C)CC4C3CCC21C. The van der Waals surface area contributed by atoms with Crippen LogP contribution in [0.4, 0.5) is 0 Å². The summed E-state index contributed by atoms with van der Waals surface area (Å²) in [5, 5.41) is 20.7. The highest BCUT2D eigenvalue weighted by Crippen LogP contribution is 2.67. The standard InChI is InChI=1S/C27H36O2/c1-16-6-10-25(3)11-9-20-19(21(25)14-16)8-13-27(5)22-15-23(28)24(29)17(2)18(22)7-12-26(20,27)4/h7,9,12,15-16,19,21,28-29H,6,8,10-11,13-14H2,1-5H3. The van der Waals surface area contributed by atoms with Crippen LogP contribution in [-0.4, -0.2) is 10.2 Å². The average Bonchev–Trinajstić information content (AvgIpc) is 2.68. The second-order valence-corrected chi connectivity index (χ2v) is 11.3. The fraction of sp³-hybridized carbons (Fsp3) is 0.630. The van der Waals surface area contributed by atoms with Crippen LogP contribution in [0.15, 0.2) is 23.8 Å². The van der Waals surface area contributed by atoms with Crippen molar-refractivity contribution in [2.24, 2.45) is 28.6 Å². The zero-order valence-corrected chi connectivity index (χ0v) is 18.7. The van der Waals surface area contributed by atoms with Gasteiger partial charge in [-0.1, -0.05) is 57.9 Å². The van der Waals surface area contributed by atoms with Crippen molar-refractivity contribution in [3.8, 4) is 11.5 Å². The Kier molecular flexibility index (Phi) is 3.94. The molecule has 6 unspecified atom stereocenters. The van der Waals surface area contributed by atoms with Crippen LogP contribution in [0.25, 0.3) is 6.08 Å². The third-order valence-electron chi connectivity index (χ3n) is 9.89. The van der Waals surface area contributed by atoms with Crippen molar-refractivity contribution in [3.63, 3.8) is 0 Å². The van der Waals surface area contributed by atoms with E-state index in [2.05, 4.69) is 45.9 Å². The van der Waals surface area contributed by atoms with Gasteiger partial charge in [0, 0.05) is 16.4 Å². The van der Waals surface area contributed by atoms with Crippen LogP contribution in [0.3, 0.4) is 0 Å². The van der Waals surface area contributed by atoms with E-state index < -0.39 is 0 Å². The Morgan fingerprint density at radius 2 is 1.83 bits per heavy atom. The predicted molar refractivity (Wildman–Crippen MR) is 119 cm³/mol.